The number of anilines is 1. The van der Waals surface area contributed by atoms with E-state index >= 15 is 0 Å². The van der Waals surface area contributed by atoms with Crippen LogP contribution in [0.1, 0.15) is 5.56 Å². The van der Waals surface area contributed by atoms with Crippen LogP contribution in [0.15, 0.2) is 58.2 Å². The van der Waals surface area contributed by atoms with E-state index in [0.717, 1.165) is 16.8 Å². The normalized spacial score (nSPS) is 10.6. The maximum Gasteiger partial charge on any atom is 0.277 e. The van der Waals surface area contributed by atoms with Gasteiger partial charge in [0.1, 0.15) is 0 Å². The van der Waals surface area contributed by atoms with E-state index in [1.807, 2.05) is 31.2 Å². The lowest BCUT2D eigenvalue weighted by atomic mass is 10.2. The smallest absolute Gasteiger partial charge is 0.277 e. The SMILES string of the molecule is Cc1ccc(NC(=O)CSc2nnc(-c3ccc(Cl)cc3)o2)cc1. The minimum absolute atomic E-state index is 0.130. The molecule has 122 valence electrons. The molecule has 1 heterocycles. The molecule has 7 heteroatoms. The second-order valence-electron chi connectivity index (χ2n) is 5.08. The van der Waals surface area contributed by atoms with Crippen LogP contribution in [0.25, 0.3) is 11.5 Å². The van der Waals surface area contributed by atoms with E-state index < -0.39 is 0 Å². The number of aromatic nitrogens is 2. The second kappa shape index (κ2) is 7.51. The number of amides is 1. The van der Waals surface area contributed by atoms with Crippen LogP contribution in [0.4, 0.5) is 5.69 Å². The molecular formula is C17H14ClN3O2S. The molecule has 0 spiro atoms. The fourth-order valence-corrected chi connectivity index (χ4v) is 2.63. The first-order valence-electron chi connectivity index (χ1n) is 7.19. The molecule has 0 aliphatic carbocycles. The van der Waals surface area contributed by atoms with Gasteiger partial charge in [-0.25, -0.2) is 0 Å². The third kappa shape index (κ3) is 4.37. The van der Waals surface area contributed by atoms with Crippen molar-refractivity contribution in [3.05, 3.63) is 59.1 Å². The third-order valence-corrected chi connectivity index (χ3v) is 4.23. The highest BCUT2D eigenvalue weighted by Gasteiger charge is 2.11. The summed E-state index contributed by atoms with van der Waals surface area (Å²) < 4.78 is 5.54. The Labute approximate surface area is 148 Å². The van der Waals surface area contributed by atoms with Crippen molar-refractivity contribution in [2.75, 3.05) is 11.1 Å². The highest BCUT2D eigenvalue weighted by Crippen LogP contribution is 2.24. The van der Waals surface area contributed by atoms with Crippen LogP contribution >= 0.6 is 23.4 Å². The van der Waals surface area contributed by atoms with Crippen LogP contribution in [0, 0.1) is 6.92 Å². The molecule has 2 aromatic carbocycles. The fourth-order valence-electron chi connectivity index (χ4n) is 1.94. The lowest BCUT2D eigenvalue weighted by molar-refractivity contribution is -0.113. The summed E-state index contributed by atoms with van der Waals surface area (Å²) in [7, 11) is 0. The molecule has 0 fully saturated rings. The predicted molar refractivity (Wildman–Crippen MR) is 95.3 cm³/mol. The van der Waals surface area contributed by atoms with Gasteiger partial charge in [0.2, 0.25) is 11.8 Å². The number of nitrogens with one attached hydrogen (secondary N) is 1. The lowest BCUT2D eigenvalue weighted by Crippen LogP contribution is -2.13. The Hall–Kier alpha value is -2.31. The summed E-state index contributed by atoms with van der Waals surface area (Å²) in [6.45, 7) is 2.00. The minimum atomic E-state index is -0.130. The number of aryl methyl sites for hydroxylation is 1. The van der Waals surface area contributed by atoms with Gasteiger partial charge in [-0.3, -0.25) is 4.79 Å². The van der Waals surface area contributed by atoms with E-state index in [4.69, 9.17) is 16.0 Å². The molecule has 0 aliphatic rings. The standard InChI is InChI=1S/C17H14ClN3O2S/c1-11-2-8-14(9-3-11)19-15(22)10-24-17-21-20-16(23-17)12-4-6-13(18)7-5-12/h2-9H,10H2,1H3,(H,19,22). The molecule has 0 aliphatic heterocycles. The molecule has 3 rings (SSSR count). The molecule has 1 amide bonds. The first-order valence-corrected chi connectivity index (χ1v) is 8.55. The van der Waals surface area contributed by atoms with Crippen LogP contribution in [-0.2, 0) is 4.79 Å². The first kappa shape index (κ1) is 16.5. The summed E-state index contributed by atoms with van der Waals surface area (Å²) in [6, 6.07) is 14.7. The van der Waals surface area contributed by atoms with Gasteiger partial charge in [-0.05, 0) is 43.3 Å². The molecular weight excluding hydrogens is 346 g/mol. The van der Waals surface area contributed by atoms with Gasteiger partial charge in [0.25, 0.3) is 5.22 Å². The molecule has 0 saturated carbocycles. The van der Waals surface area contributed by atoms with E-state index in [2.05, 4.69) is 15.5 Å². The number of hydrogen-bond donors (Lipinski definition) is 1. The topological polar surface area (TPSA) is 68.0 Å². The predicted octanol–water partition coefficient (Wildman–Crippen LogP) is 4.43. The Morgan fingerprint density at radius 3 is 2.54 bits per heavy atom. The summed E-state index contributed by atoms with van der Waals surface area (Å²) in [5.74, 6) is 0.457. The van der Waals surface area contributed by atoms with E-state index in [0.29, 0.717) is 16.1 Å². The van der Waals surface area contributed by atoms with E-state index in [1.165, 1.54) is 11.8 Å². The zero-order valence-corrected chi connectivity index (χ0v) is 14.4. The van der Waals surface area contributed by atoms with Crippen LogP contribution in [0.2, 0.25) is 5.02 Å². The number of nitrogens with zero attached hydrogens (tertiary/aromatic N) is 2. The minimum Gasteiger partial charge on any atom is -0.411 e. The van der Waals surface area contributed by atoms with Gasteiger partial charge in [0.15, 0.2) is 0 Å². The van der Waals surface area contributed by atoms with Gasteiger partial charge < -0.3 is 9.73 Å². The van der Waals surface area contributed by atoms with Crippen molar-refractivity contribution >= 4 is 35.0 Å². The van der Waals surface area contributed by atoms with Crippen LogP contribution < -0.4 is 5.32 Å². The van der Waals surface area contributed by atoms with Crippen molar-refractivity contribution in [1.82, 2.24) is 10.2 Å². The molecule has 5 nitrogen and oxygen atoms in total. The molecule has 3 aromatic rings. The number of benzene rings is 2. The monoisotopic (exact) mass is 359 g/mol. The third-order valence-electron chi connectivity index (χ3n) is 3.16. The quantitative estimate of drug-likeness (QED) is 0.682. The largest absolute Gasteiger partial charge is 0.411 e. The number of halogens is 1. The van der Waals surface area contributed by atoms with E-state index in [9.17, 15) is 4.79 Å². The number of hydrogen-bond acceptors (Lipinski definition) is 5. The number of carbonyl (C=O) groups is 1. The first-order chi connectivity index (χ1) is 11.6. The Morgan fingerprint density at radius 1 is 1.12 bits per heavy atom. The summed E-state index contributed by atoms with van der Waals surface area (Å²) >= 11 is 7.04. The highest BCUT2D eigenvalue weighted by molar-refractivity contribution is 7.99. The van der Waals surface area contributed by atoms with Gasteiger partial charge in [-0.1, -0.05) is 41.1 Å². The molecule has 0 radical (unpaired) electrons. The lowest BCUT2D eigenvalue weighted by Gasteiger charge is -2.04. The van der Waals surface area contributed by atoms with Gasteiger partial charge in [-0.2, -0.15) is 0 Å². The Balaban J connectivity index is 1.56. The van der Waals surface area contributed by atoms with Crippen molar-refractivity contribution < 1.29 is 9.21 Å². The van der Waals surface area contributed by atoms with Gasteiger partial charge in [-0.15, -0.1) is 10.2 Å². The molecule has 24 heavy (non-hydrogen) atoms. The van der Waals surface area contributed by atoms with Gasteiger partial charge in [0.05, 0.1) is 5.75 Å². The molecule has 0 atom stereocenters. The summed E-state index contributed by atoms with van der Waals surface area (Å²) in [5, 5.41) is 11.7. The number of rotatable bonds is 5. The van der Waals surface area contributed by atoms with Crippen molar-refractivity contribution in [1.29, 1.82) is 0 Å². The number of carbonyl (C=O) groups excluding carboxylic acids is 1. The van der Waals surface area contributed by atoms with Crippen LogP contribution in [0.3, 0.4) is 0 Å². The average molecular weight is 360 g/mol. The molecule has 0 saturated heterocycles. The fraction of sp³-hybridized carbons (Fsp3) is 0.118. The molecule has 0 bridgehead atoms. The van der Waals surface area contributed by atoms with Gasteiger partial charge in [0, 0.05) is 16.3 Å². The Kier molecular flexibility index (Phi) is 5.17. The zero-order chi connectivity index (χ0) is 16.9. The second-order valence-corrected chi connectivity index (χ2v) is 6.45. The van der Waals surface area contributed by atoms with Crippen LogP contribution in [-0.4, -0.2) is 21.9 Å². The maximum atomic E-state index is 11.9. The zero-order valence-electron chi connectivity index (χ0n) is 12.8. The van der Waals surface area contributed by atoms with Crippen molar-refractivity contribution in [3.63, 3.8) is 0 Å². The van der Waals surface area contributed by atoms with E-state index in [-0.39, 0.29) is 11.7 Å². The van der Waals surface area contributed by atoms with E-state index in [1.54, 1.807) is 24.3 Å². The molecule has 1 N–H and O–H groups in total. The highest BCUT2D eigenvalue weighted by atomic mass is 35.5. The molecule has 1 aromatic heterocycles. The summed E-state index contributed by atoms with van der Waals surface area (Å²) in [6.07, 6.45) is 0. The number of thioether (sulfide) groups is 1. The average Bonchev–Trinajstić information content (AvgIpc) is 3.05. The van der Waals surface area contributed by atoms with Crippen molar-refractivity contribution in [3.8, 4) is 11.5 Å². The maximum absolute atomic E-state index is 11.9. The Bertz CT molecular complexity index is 832. The van der Waals surface area contributed by atoms with Gasteiger partial charge >= 0.3 is 0 Å². The van der Waals surface area contributed by atoms with Crippen molar-refractivity contribution in [2.45, 2.75) is 12.1 Å². The van der Waals surface area contributed by atoms with Crippen LogP contribution in [0.5, 0.6) is 0 Å². The Morgan fingerprint density at radius 2 is 1.83 bits per heavy atom. The summed E-state index contributed by atoms with van der Waals surface area (Å²) in [5.41, 5.74) is 2.68. The van der Waals surface area contributed by atoms with Crippen molar-refractivity contribution in [2.24, 2.45) is 0 Å². The molecule has 0 unspecified atom stereocenters. The summed E-state index contributed by atoms with van der Waals surface area (Å²) in [4.78, 5) is 11.9.